The lowest BCUT2D eigenvalue weighted by molar-refractivity contribution is 0.374. The zero-order chi connectivity index (χ0) is 12.7. The summed E-state index contributed by atoms with van der Waals surface area (Å²) < 4.78 is 0. The monoisotopic (exact) mass is 244 g/mol. The van der Waals surface area contributed by atoms with E-state index in [9.17, 15) is 0 Å². The summed E-state index contributed by atoms with van der Waals surface area (Å²) in [4.78, 5) is 10.4. The van der Waals surface area contributed by atoms with Gasteiger partial charge in [0.2, 0.25) is 5.95 Å². The lowest BCUT2D eigenvalue weighted by atomic mass is 9.94. The highest BCUT2D eigenvalue weighted by atomic mass is 15.3. The molecule has 1 aromatic heterocycles. The van der Waals surface area contributed by atoms with E-state index in [1.165, 1.54) is 12.8 Å². The number of piperidine rings is 1. The molecule has 0 amide bonds. The maximum atomic E-state index is 5.80. The molecule has 1 aromatic carbocycles. The number of aromatic amines is 1. The van der Waals surface area contributed by atoms with Crippen LogP contribution in [0.5, 0.6) is 0 Å². The normalized spacial score (nSPS) is 24.7. The summed E-state index contributed by atoms with van der Waals surface area (Å²) in [5.74, 6) is 1.80. The Morgan fingerprint density at radius 2 is 2.22 bits per heavy atom. The average Bonchev–Trinajstić information content (AvgIpc) is 2.71. The van der Waals surface area contributed by atoms with E-state index in [1.54, 1.807) is 0 Å². The second kappa shape index (κ2) is 4.19. The number of imidazole rings is 1. The minimum Gasteiger partial charge on any atom is -0.399 e. The SMILES string of the molecule is CC1CCN(c2nc3ccc(N)cc3[nH]2)C(C)C1. The first-order valence-electron chi connectivity index (χ1n) is 6.65. The Morgan fingerprint density at radius 3 is 3.00 bits per heavy atom. The Kier molecular flexibility index (Phi) is 2.65. The molecule has 4 nitrogen and oxygen atoms in total. The van der Waals surface area contributed by atoms with Gasteiger partial charge in [0, 0.05) is 18.3 Å². The van der Waals surface area contributed by atoms with E-state index >= 15 is 0 Å². The topological polar surface area (TPSA) is 57.9 Å². The number of hydrogen-bond acceptors (Lipinski definition) is 3. The highest BCUT2D eigenvalue weighted by Gasteiger charge is 2.24. The predicted octanol–water partition coefficient (Wildman–Crippen LogP) is 2.77. The number of anilines is 2. The van der Waals surface area contributed by atoms with Crippen LogP contribution in [0, 0.1) is 5.92 Å². The molecule has 1 aliphatic rings. The van der Waals surface area contributed by atoms with E-state index in [0.717, 1.165) is 35.1 Å². The van der Waals surface area contributed by atoms with E-state index in [0.29, 0.717) is 6.04 Å². The van der Waals surface area contributed by atoms with Gasteiger partial charge in [0.25, 0.3) is 0 Å². The van der Waals surface area contributed by atoms with Crippen LogP contribution >= 0.6 is 0 Å². The minimum atomic E-state index is 0.548. The van der Waals surface area contributed by atoms with Gasteiger partial charge in [0.15, 0.2) is 0 Å². The number of rotatable bonds is 1. The molecule has 96 valence electrons. The van der Waals surface area contributed by atoms with E-state index < -0.39 is 0 Å². The Bertz CT molecular complexity index is 560. The molecule has 0 spiro atoms. The van der Waals surface area contributed by atoms with Crippen LogP contribution in [0.2, 0.25) is 0 Å². The van der Waals surface area contributed by atoms with Crippen LogP contribution in [0.1, 0.15) is 26.7 Å². The fourth-order valence-electron chi connectivity index (χ4n) is 2.87. The average molecular weight is 244 g/mol. The number of H-pyrrole nitrogens is 1. The summed E-state index contributed by atoms with van der Waals surface area (Å²) in [6, 6.07) is 6.37. The summed E-state index contributed by atoms with van der Waals surface area (Å²) in [6.07, 6.45) is 2.47. The molecule has 0 radical (unpaired) electrons. The molecule has 1 fully saturated rings. The molecule has 2 atom stereocenters. The molecular formula is C14H20N4. The van der Waals surface area contributed by atoms with Gasteiger partial charge in [-0.25, -0.2) is 4.98 Å². The molecule has 1 saturated heterocycles. The number of nitrogen functional groups attached to an aromatic ring is 1. The Hall–Kier alpha value is -1.71. The van der Waals surface area contributed by atoms with Crippen molar-refractivity contribution in [1.82, 2.24) is 9.97 Å². The van der Waals surface area contributed by atoms with Gasteiger partial charge in [0.1, 0.15) is 0 Å². The van der Waals surface area contributed by atoms with Crippen molar-refractivity contribution < 1.29 is 0 Å². The molecule has 3 rings (SSSR count). The molecule has 18 heavy (non-hydrogen) atoms. The number of nitrogens with two attached hydrogens (primary N) is 1. The quantitative estimate of drug-likeness (QED) is 0.758. The van der Waals surface area contributed by atoms with Crippen LogP contribution < -0.4 is 10.6 Å². The summed E-state index contributed by atoms with van der Waals surface area (Å²) in [5.41, 5.74) is 8.59. The number of aromatic nitrogens is 2. The summed E-state index contributed by atoms with van der Waals surface area (Å²) in [5, 5.41) is 0. The largest absolute Gasteiger partial charge is 0.399 e. The molecule has 0 aliphatic carbocycles. The fraction of sp³-hybridized carbons (Fsp3) is 0.500. The first kappa shape index (κ1) is 11.4. The van der Waals surface area contributed by atoms with E-state index in [-0.39, 0.29) is 0 Å². The lowest BCUT2D eigenvalue weighted by Gasteiger charge is -2.36. The maximum Gasteiger partial charge on any atom is 0.204 e. The number of nitrogens with zero attached hydrogens (tertiary/aromatic N) is 2. The summed E-state index contributed by atoms with van der Waals surface area (Å²) >= 11 is 0. The number of nitrogens with one attached hydrogen (secondary N) is 1. The molecule has 2 unspecified atom stereocenters. The van der Waals surface area contributed by atoms with Crippen molar-refractivity contribution in [2.24, 2.45) is 5.92 Å². The van der Waals surface area contributed by atoms with Crippen molar-refractivity contribution in [3.8, 4) is 0 Å². The van der Waals surface area contributed by atoms with Crippen LogP contribution in [0.25, 0.3) is 11.0 Å². The van der Waals surface area contributed by atoms with Gasteiger partial charge in [0.05, 0.1) is 11.0 Å². The highest BCUT2D eigenvalue weighted by Crippen LogP contribution is 2.27. The standard InChI is InChI=1S/C14H20N4/c1-9-5-6-18(10(2)7-9)14-16-12-4-3-11(15)8-13(12)17-14/h3-4,8-10H,5-7,15H2,1-2H3,(H,16,17). The zero-order valence-electron chi connectivity index (χ0n) is 11.0. The first-order chi connectivity index (χ1) is 8.63. The van der Waals surface area contributed by atoms with Gasteiger partial charge in [-0.1, -0.05) is 6.92 Å². The summed E-state index contributed by atoms with van der Waals surface area (Å²) in [7, 11) is 0. The summed E-state index contributed by atoms with van der Waals surface area (Å²) in [6.45, 7) is 5.68. The van der Waals surface area contributed by atoms with Gasteiger partial charge in [-0.3, -0.25) is 0 Å². The van der Waals surface area contributed by atoms with Crippen molar-refractivity contribution in [1.29, 1.82) is 0 Å². The fourth-order valence-corrected chi connectivity index (χ4v) is 2.87. The molecule has 4 heteroatoms. The van der Waals surface area contributed by atoms with Gasteiger partial charge >= 0.3 is 0 Å². The Balaban J connectivity index is 1.94. The predicted molar refractivity (Wildman–Crippen MR) is 75.7 cm³/mol. The first-order valence-corrected chi connectivity index (χ1v) is 6.65. The molecular weight excluding hydrogens is 224 g/mol. The zero-order valence-corrected chi connectivity index (χ0v) is 11.0. The highest BCUT2D eigenvalue weighted by molar-refractivity contribution is 5.80. The number of fused-ring (bicyclic) bond motifs is 1. The second-order valence-corrected chi connectivity index (χ2v) is 5.51. The van der Waals surface area contributed by atoms with Crippen LogP contribution in [-0.4, -0.2) is 22.6 Å². The molecule has 3 N–H and O–H groups in total. The molecule has 1 aliphatic heterocycles. The third-order valence-corrected chi connectivity index (χ3v) is 3.90. The Labute approximate surface area is 107 Å². The van der Waals surface area contributed by atoms with Crippen LogP contribution in [0.4, 0.5) is 11.6 Å². The van der Waals surface area contributed by atoms with Gasteiger partial charge in [-0.15, -0.1) is 0 Å². The van der Waals surface area contributed by atoms with Crippen molar-refractivity contribution in [3.63, 3.8) is 0 Å². The van der Waals surface area contributed by atoms with Crippen LogP contribution in [0.15, 0.2) is 18.2 Å². The Morgan fingerprint density at radius 1 is 1.39 bits per heavy atom. The number of benzene rings is 1. The molecule has 2 heterocycles. The molecule has 0 bridgehead atoms. The maximum absolute atomic E-state index is 5.80. The van der Waals surface area contributed by atoms with E-state index in [1.807, 2.05) is 18.2 Å². The smallest absolute Gasteiger partial charge is 0.204 e. The van der Waals surface area contributed by atoms with Crippen LogP contribution in [0.3, 0.4) is 0 Å². The van der Waals surface area contributed by atoms with Crippen molar-refractivity contribution in [2.45, 2.75) is 32.7 Å². The molecule has 0 saturated carbocycles. The van der Waals surface area contributed by atoms with Gasteiger partial charge in [-0.2, -0.15) is 0 Å². The second-order valence-electron chi connectivity index (χ2n) is 5.51. The lowest BCUT2D eigenvalue weighted by Crippen LogP contribution is -2.40. The van der Waals surface area contributed by atoms with Crippen molar-refractivity contribution in [3.05, 3.63) is 18.2 Å². The third kappa shape index (κ3) is 1.92. The number of hydrogen-bond donors (Lipinski definition) is 2. The van der Waals surface area contributed by atoms with Crippen molar-refractivity contribution >= 4 is 22.7 Å². The van der Waals surface area contributed by atoms with E-state index in [4.69, 9.17) is 5.73 Å². The van der Waals surface area contributed by atoms with Crippen LogP contribution in [-0.2, 0) is 0 Å². The van der Waals surface area contributed by atoms with E-state index in [2.05, 4.69) is 28.7 Å². The van der Waals surface area contributed by atoms with Gasteiger partial charge < -0.3 is 15.6 Å². The van der Waals surface area contributed by atoms with Gasteiger partial charge in [-0.05, 0) is 43.9 Å². The third-order valence-electron chi connectivity index (χ3n) is 3.90. The minimum absolute atomic E-state index is 0.548. The van der Waals surface area contributed by atoms with Crippen molar-refractivity contribution in [2.75, 3.05) is 17.2 Å². The molecule has 2 aromatic rings.